The zero-order valence-electron chi connectivity index (χ0n) is 21.4. The van der Waals surface area contributed by atoms with Gasteiger partial charge in [0.25, 0.3) is 0 Å². The largest absolute Gasteiger partial charge is 0.352 e. The maximum absolute atomic E-state index is 15.2. The first kappa shape index (κ1) is 25.7. The van der Waals surface area contributed by atoms with Gasteiger partial charge < -0.3 is 10.2 Å². The first-order valence-corrected chi connectivity index (χ1v) is 13.8. The number of rotatable bonds is 4. The van der Waals surface area contributed by atoms with E-state index >= 15 is 4.39 Å². The molecule has 0 aromatic heterocycles. The first-order valence-electron chi connectivity index (χ1n) is 13.1. The van der Waals surface area contributed by atoms with Crippen molar-refractivity contribution in [2.75, 3.05) is 10.2 Å². The molecule has 1 saturated heterocycles. The van der Waals surface area contributed by atoms with Crippen molar-refractivity contribution >= 4 is 58.1 Å². The molecule has 7 rings (SSSR count). The van der Waals surface area contributed by atoms with Crippen LogP contribution in [0, 0.1) is 11.7 Å². The van der Waals surface area contributed by atoms with Gasteiger partial charge in [-0.3, -0.25) is 14.4 Å². The summed E-state index contributed by atoms with van der Waals surface area (Å²) in [5.74, 6) is -3.49. The molecule has 3 aliphatic rings. The van der Waals surface area contributed by atoms with Crippen molar-refractivity contribution in [1.82, 2.24) is 0 Å². The Morgan fingerprint density at radius 3 is 2.39 bits per heavy atom. The topological polar surface area (TPSA) is 66.5 Å². The number of anilines is 2. The zero-order valence-corrected chi connectivity index (χ0v) is 22.9. The van der Waals surface area contributed by atoms with Gasteiger partial charge in [0, 0.05) is 22.0 Å². The van der Waals surface area contributed by atoms with Gasteiger partial charge in [-0.25, -0.2) is 4.39 Å². The fraction of sp³-hybridized carbons (Fsp3) is 0.121. The second-order valence-corrected chi connectivity index (χ2v) is 11.2. The van der Waals surface area contributed by atoms with Gasteiger partial charge in [-0.15, -0.1) is 0 Å². The van der Waals surface area contributed by atoms with E-state index in [0.717, 1.165) is 5.56 Å². The molecule has 0 bridgehead atoms. The van der Waals surface area contributed by atoms with Crippen molar-refractivity contribution in [2.45, 2.75) is 17.5 Å². The highest BCUT2D eigenvalue weighted by Gasteiger charge is 2.70. The molecule has 41 heavy (non-hydrogen) atoms. The lowest BCUT2D eigenvalue weighted by Gasteiger charge is -2.37. The van der Waals surface area contributed by atoms with Crippen molar-refractivity contribution in [1.29, 1.82) is 0 Å². The quantitative estimate of drug-likeness (QED) is 0.263. The van der Waals surface area contributed by atoms with Crippen LogP contribution in [0.5, 0.6) is 0 Å². The van der Waals surface area contributed by atoms with E-state index in [2.05, 4.69) is 5.32 Å². The molecule has 1 spiro atoms. The number of fused-ring (bicyclic) bond motifs is 6. The molecule has 0 aliphatic carbocycles. The van der Waals surface area contributed by atoms with E-state index in [1.807, 2.05) is 41.3 Å². The van der Waals surface area contributed by atoms with E-state index in [-0.39, 0.29) is 16.1 Å². The van der Waals surface area contributed by atoms with E-state index in [4.69, 9.17) is 23.2 Å². The Bertz CT molecular complexity index is 1820. The van der Waals surface area contributed by atoms with Crippen LogP contribution in [-0.2, 0) is 10.2 Å². The Morgan fingerprint density at radius 2 is 1.59 bits per heavy atom. The molecular formula is C33H21Cl2FN2O3. The van der Waals surface area contributed by atoms with Gasteiger partial charge in [0.2, 0.25) is 5.91 Å². The highest BCUT2D eigenvalue weighted by Crippen LogP contribution is 2.58. The molecule has 0 radical (unpaired) electrons. The number of hydrogen-bond acceptors (Lipinski definition) is 4. The highest BCUT2D eigenvalue weighted by molar-refractivity contribution is 6.37. The van der Waals surface area contributed by atoms with Gasteiger partial charge in [-0.1, -0.05) is 83.9 Å². The number of amides is 1. The molecule has 3 heterocycles. The molecule has 202 valence electrons. The lowest BCUT2D eigenvalue weighted by atomic mass is 9.64. The second kappa shape index (κ2) is 9.40. The third-order valence-electron chi connectivity index (χ3n) is 8.43. The Kier molecular flexibility index (Phi) is 5.89. The minimum Gasteiger partial charge on any atom is -0.352 e. The predicted molar refractivity (Wildman–Crippen MR) is 157 cm³/mol. The number of Topliss-reactive ketones (excluding diaryl/α,β-unsaturated/α-hetero) is 2. The maximum Gasteiger partial charge on any atom is 0.238 e. The summed E-state index contributed by atoms with van der Waals surface area (Å²) in [7, 11) is 0. The molecule has 4 aromatic carbocycles. The van der Waals surface area contributed by atoms with E-state index in [9.17, 15) is 14.4 Å². The van der Waals surface area contributed by atoms with Gasteiger partial charge >= 0.3 is 0 Å². The smallest absolute Gasteiger partial charge is 0.238 e. The molecule has 1 amide bonds. The van der Waals surface area contributed by atoms with Crippen molar-refractivity contribution < 1.29 is 18.8 Å². The van der Waals surface area contributed by atoms with Crippen LogP contribution in [0.1, 0.15) is 31.8 Å². The summed E-state index contributed by atoms with van der Waals surface area (Å²) < 4.78 is 15.2. The lowest BCUT2D eigenvalue weighted by molar-refractivity contribution is -0.121. The summed E-state index contributed by atoms with van der Waals surface area (Å²) >= 11 is 12.7. The van der Waals surface area contributed by atoms with Crippen LogP contribution in [0.2, 0.25) is 10.0 Å². The van der Waals surface area contributed by atoms with Gasteiger partial charge in [-0.2, -0.15) is 0 Å². The van der Waals surface area contributed by atoms with Gasteiger partial charge in [-0.05, 0) is 53.6 Å². The van der Waals surface area contributed by atoms with Crippen molar-refractivity contribution in [3.05, 3.63) is 135 Å². The van der Waals surface area contributed by atoms with E-state index in [1.165, 1.54) is 30.3 Å². The van der Waals surface area contributed by atoms with E-state index in [0.29, 0.717) is 22.0 Å². The number of benzene rings is 4. The van der Waals surface area contributed by atoms with Crippen LogP contribution in [0.4, 0.5) is 15.8 Å². The predicted octanol–water partition coefficient (Wildman–Crippen LogP) is 6.99. The molecule has 0 saturated carbocycles. The molecule has 1 fully saturated rings. The molecule has 4 atom stereocenters. The summed E-state index contributed by atoms with van der Waals surface area (Å²) in [5.41, 5.74) is 1.08. The maximum atomic E-state index is 15.2. The molecule has 0 unspecified atom stereocenters. The van der Waals surface area contributed by atoms with Gasteiger partial charge in [0.1, 0.15) is 17.3 Å². The number of carbonyl (C=O) groups is 3. The minimum atomic E-state index is -1.52. The fourth-order valence-electron chi connectivity index (χ4n) is 6.80. The van der Waals surface area contributed by atoms with Crippen molar-refractivity contribution in [3.63, 3.8) is 0 Å². The molecular weight excluding hydrogens is 562 g/mol. The monoisotopic (exact) mass is 582 g/mol. The SMILES string of the molecule is O=C(c1ccccc1F)[C@@H]1[C@H](C(=O)c2ccc(Cl)cc2Cl)[C@@]2(C(=O)Nc3ccccc32)[C@H]2C=Cc3ccccc3N12. The van der Waals surface area contributed by atoms with E-state index in [1.54, 1.807) is 36.4 Å². The molecule has 8 heteroatoms. The number of hydrogen-bond donors (Lipinski definition) is 1. The normalized spacial score (nSPS) is 23.6. The van der Waals surface area contributed by atoms with Crippen molar-refractivity contribution in [2.24, 2.45) is 5.92 Å². The van der Waals surface area contributed by atoms with Gasteiger partial charge in [0.15, 0.2) is 11.6 Å². The Hall–Kier alpha value is -4.26. The average molecular weight is 583 g/mol. The zero-order chi connectivity index (χ0) is 28.5. The summed E-state index contributed by atoms with van der Waals surface area (Å²) in [6, 6.07) is 22.9. The summed E-state index contributed by atoms with van der Waals surface area (Å²) in [6.07, 6.45) is 3.77. The Labute approximate surface area is 245 Å². The van der Waals surface area contributed by atoms with Crippen LogP contribution in [-0.4, -0.2) is 29.6 Å². The number of para-hydroxylation sites is 2. The van der Waals surface area contributed by atoms with Crippen LogP contribution >= 0.6 is 23.2 Å². The Balaban J connectivity index is 1.56. The first-order chi connectivity index (χ1) is 19.8. The summed E-state index contributed by atoms with van der Waals surface area (Å²) in [5, 5.41) is 3.40. The number of nitrogens with zero attached hydrogens (tertiary/aromatic N) is 1. The number of carbonyl (C=O) groups excluding carboxylic acids is 3. The summed E-state index contributed by atoms with van der Waals surface area (Å²) in [6.45, 7) is 0. The van der Waals surface area contributed by atoms with Crippen molar-refractivity contribution in [3.8, 4) is 0 Å². The fourth-order valence-corrected chi connectivity index (χ4v) is 7.30. The van der Waals surface area contributed by atoms with Crippen LogP contribution in [0.3, 0.4) is 0 Å². The highest BCUT2D eigenvalue weighted by atomic mass is 35.5. The van der Waals surface area contributed by atoms with Crippen LogP contribution in [0.25, 0.3) is 6.08 Å². The third-order valence-corrected chi connectivity index (χ3v) is 8.98. The average Bonchev–Trinajstić information content (AvgIpc) is 3.45. The number of ketones is 2. The lowest BCUT2D eigenvalue weighted by Crippen LogP contribution is -2.51. The van der Waals surface area contributed by atoms with Crippen LogP contribution < -0.4 is 10.2 Å². The minimum absolute atomic E-state index is 0.0993. The molecule has 4 aromatic rings. The third kappa shape index (κ3) is 3.57. The summed E-state index contributed by atoms with van der Waals surface area (Å²) in [4.78, 5) is 45.4. The number of nitrogens with one attached hydrogen (secondary N) is 1. The number of halogens is 3. The standard InChI is InChI=1S/C33H21Cl2FN2O3/c34-19-14-15-20(23(35)17-19)30(39)28-29(31(40)21-8-2-4-10-24(21)36)38-26-12-6-1-7-18(26)13-16-27(38)33(28)22-9-3-5-11-25(22)37-32(33)41/h1-17,27-29H,(H,37,41)/t27-,28-,29+,33+/m1/s1. The van der Waals surface area contributed by atoms with Gasteiger partial charge in [0.05, 0.1) is 22.5 Å². The molecule has 5 nitrogen and oxygen atoms in total. The van der Waals surface area contributed by atoms with E-state index < -0.39 is 46.7 Å². The molecule has 3 aliphatic heterocycles. The second-order valence-electron chi connectivity index (χ2n) is 10.4. The molecule has 1 N–H and O–H groups in total. The van der Waals surface area contributed by atoms with Crippen LogP contribution in [0.15, 0.2) is 97.1 Å². The Morgan fingerprint density at radius 1 is 0.854 bits per heavy atom.